The Kier molecular flexibility index (Phi) is 7.66. The Morgan fingerprint density at radius 1 is 0.886 bits per heavy atom. The molecule has 0 atom stereocenters. The molecule has 3 heterocycles. The molecule has 0 N–H and O–H groups in total. The van der Waals surface area contributed by atoms with Crippen molar-refractivity contribution < 1.29 is 9.47 Å². The zero-order chi connectivity index (χ0) is 24.0. The van der Waals surface area contributed by atoms with Gasteiger partial charge in [0.25, 0.3) is 0 Å². The fourth-order valence-electron chi connectivity index (χ4n) is 4.78. The van der Waals surface area contributed by atoms with Gasteiger partial charge in [0.1, 0.15) is 5.75 Å². The Hall–Kier alpha value is -2.88. The van der Waals surface area contributed by atoms with Crippen LogP contribution in [0, 0.1) is 4.77 Å². The lowest BCUT2D eigenvalue weighted by molar-refractivity contribution is 0.121. The maximum atomic E-state index is 5.96. The molecule has 2 aliphatic heterocycles. The van der Waals surface area contributed by atoms with Gasteiger partial charge in [-0.1, -0.05) is 30.3 Å². The van der Waals surface area contributed by atoms with E-state index in [0.717, 1.165) is 81.9 Å². The highest BCUT2D eigenvalue weighted by Gasteiger charge is 2.22. The van der Waals surface area contributed by atoms with E-state index in [1.807, 2.05) is 22.9 Å². The number of methoxy groups -OCH3 is 1. The van der Waals surface area contributed by atoms with Gasteiger partial charge >= 0.3 is 0 Å². The van der Waals surface area contributed by atoms with Gasteiger partial charge in [-0.25, -0.2) is 4.68 Å². The van der Waals surface area contributed by atoms with Crippen LogP contribution in [0.25, 0.3) is 0 Å². The van der Waals surface area contributed by atoms with Crippen LogP contribution in [0.5, 0.6) is 5.75 Å². The third-order valence-corrected chi connectivity index (χ3v) is 7.17. The predicted molar refractivity (Wildman–Crippen MR) is 141 cm³/mol. The van der Waals surface area contributed by atoms with Crippen molar-refractivity contribution in [2.45, 2.75) is 19.6 Å². The number of aromatic nitrogens is 3. The van der Waals surface area contributed by atoms with Gasteiger partial charge in [0, 0.05) is 45.0 Å². The summed E-state index contributed by atoms with van der Waals surface area (Å²) >= 11 is 5.96. The van der Waals surface area contributed by atoms with Crippen molar-refractivity contribution in [2.24, 2.45) is 0 Å². The van der Waals surface area contributed by atoms with Crippen molar-refractivity contribution in [2.75, 3.05) is 69.4 Å². The number of morpholine rings is 1. The van der Waals surface area contributed by atoms with Crippen LogP contribution in [-0.4, -0.2) is 78.8 Å². The highest BCUT2D eigenvalue weighted by atomic mass is 32.1. The van der Waals surface area contributed by atoms with Crippen molar-refractivity contribution in [1.29, 1.82) is 0 Å². The number of nitrogens with zero attached hydrogens (tertiary/aromatic N) is 6. The molecule has 0 radical (unpaired) electrons. The average Bonchev–Trinajstić information content (AvgIpc) is 3.06. The molecule has 2 aromatic carbocycles. The largest absolute Gasteiger partial charge is 0.497 e. The summed E-state index contributed by atoms with van der Waals surface area (Å²) in [6.45, 7) is 8.53. The minimum Gasteiger partial charge on any atom is -0.497 e. The molecule has 2 aliphatic rings. The van der Waals surface area contributed by atoms with Crippen LogP contribution in [0.1, 0.15) is 12.0 Å². The molecule has 0 saturated carbocycles. The first-order chi connectivity index (χ1) is 17.2. The third kappa shape index (κ3) is 5.69. The third-order valence-electron chi connectivity index (χ3n) is 6.74. The van der Waals surface area contributed by atoms with Crippen LogP contribution in [-0.2, 0) is 18.0 Å². The van der Waals surface area contributed by atoms with Crippen LogP contribution < -0.4 is 14.5 Å². The normalized spacial score (nSPS) is 17.4. The summed E-state index contributed by atoms with van der Waals surface area (Å²) in [5, 5.41) is 5.03. The molecule has 186 valence electrons. The van der Waals surface area contributed by atoms with E-state index in [0.29, 0.717) is 6.67 Å². The molecular formula is C26H34N6O2S. The highest BCUT2D eigenvalue weighted by molar-refractivity contribution is 7.71. The standard InChI is InChI=1S/C26H34N6O2S/c1-33-24-10-8-23(9-11-24)29-13-5-12-28(14-15-29)21-32-26(35)31(20-22-6-3-2-4-7-22)25(27-32)30-16-18-34-19-17-30/h2-4,6-11H,5,12-21H2,1H3. The summed E-state index contributed by atoms with van der Waals surface area (Å²) in [6.07, 6.45) is 1.10. The predicted octanol–water partition coefficient (Wildman–Crippen LogP) is 3.48. The molecular weight excluding hydrogens is 460 g/mol. The van der Waals surface area contributed by atoms with E-state index in [-0.39, 0.29) is 0 Å². The van der Waals surface area contributed by atoms with E-state index >= 15 is 0 Å². The van der Waals surface area contributed by atoms with E-state index in [4.69, 9.17) is 26.8 Å². The highest BCUT2D eigenvalue weighted by Crippen LogP contribution is 2.22. The average molecular weight is 495 g/mol. The molecule has 8 nitrogen and oxygen atoms in total. The van der Waals surface area contributed by atoms with Crippen molar-refractivity contribution >= 4 is 23.9 Å². The summed E-state index contributed by atoms with van der Waals surface area (Å²) in [6, 6.07) is 18.8. The Morgan fingerprint density at radius 3 is 2.40 bits per heavy atom. The second-order valence-electron chi connectivity index (χ2n) is 9.05. The van der Waals surface area contributed by atoms with Gasteiger partial charge in [0.15, 0.2) is 0 Å². The van der Waals surface area contributed by atoms with Gasteiger partial charge in [-0.3, -0.25) is 9.47 Å². The van der Waals surface area contributed by atoms with E-state index in [1.54, 1.807) is 7.11 Å². The van der Waals surface area contributed by atoms with Crippen molar-refractivity contribution in [3.8, 4) is 5.75 Å². The summed E-state index contributed by atoms with van der Waals surface area (Å²) in [7, 11) is 1.70. The minimum atomic E-state index is 0.703. The molecule has 35 heavy (non-hydrogen) atoms. The van der Waals surface area contributed by atoms with E-state index in [9.17, 15) is 0 Å². The topological polar surface area (TPSA) is 50.9 Å². The van der Waals surface area contributed by atoms with E-state index < -0.39 is 0 Å². The lowest BCUT2D eigenvalue weighted by atomic mass is 10.2. The molecule has 0 unspecified atom stereocenters. The van der Waals surface area contributed by atoms with Crippen molar-refractivity contribution in [3.05, 3.63) is 64.9 Å². The van der Waals surface area contributed by atoms with Gasteiger partial charge in [0.05, 0.1) is 33.5 Å². The van der Waals surface area contributed by atoms with Crippen LogP contribution in [0.15, 0.2) is 54.6 Å². The van der Waals surface area contributed by atoms with E-state index in [1.165, 1.54) is 11.3 Å². The summed E-state index contributed by atoms with van der Waals surface area (Å²) in [4.78, 5) is 7.21. The van der Waals surface area contributed by atoms with Gasteiger partial charge in [-0.2, -0.15) is 0 Å². The number of hydrogen-bond donors (Lipinski definition) is 0. The Balaban J connectivity index is 1.32. The Labute approximate surface area is 212 Å². The van der Waals surface area contributed by atoms with Gasteiger partial charge in [0.2, 0.25) is 10.7 Å². The lowest BCUT2D eigenvalue weighted by Gasteiger charge is -2.27. The lowest BCUT2D eigenvalue weighted by Crippen LogP contribution is -2.38. The molecule has 5 rings (SSSR count). The maximum absolute atomic E-state index is 5.96. The molecule has 1 aromatic heterocycles. The van der Waals surface area contributed by atoms with Gasteiger partial charge < -0.3 is 19.3 Å². The molecule has 0 aliphatic carbocycles. The van der Waals surface area contributed by atoms with Gasteiger partial charge in [-0.15, -0.1) is 5.10 Å². The molecule has 0 amide bonds. The Bertz CT molecular complexity index is 1140. The van der Waals surface area contributed by atoms with E-state index in [2.05, 4.69) is 55.7 Å². The fraction of sp³-hybridized carbons (Fsp3) is 0.462. The maximum Gasteiger partial charge on any atom is 0.226 e. The smallest absolute Gasteiger partial charge is 0.226 e. The van der Waals surface area contributed by atoms with Crippen LogP contribution in [0.4, 0.5) is 11.6 Å². The first-order valence-electron chi connectivity index (χ1n) is 12.4. The van der Waals surface area contributed by atoms with Gasteiger partial charge in [-0.05, 0) is 48.5 Å². The molecule has 2 fully saturated rings. The zero-order valence-corrected chi connectivity index (χ0v) is 21.2. The fourth-order valence-corrected chi connectivity index (χ4v) is 5.02. The SMILES string of the molecule is COc1ccc(N2CCCN(Cn3nc(N4CCOCC4)n(Cc4ccccc4)c3=S)CC2)cc1. The van der Waals surface area contributed by atoms with Crippen LogP contribution >= 0.6 is 12.2 Å². The molecule has 0 spiro atoms. The second kappa shape index (κ2) is 11.2. The Morgan fingerprint density at radius 2 is 1.66 bits per heavy atom. The zero-order valence-electron chi connectivity index (χ0n) is 20.4. The first kappa shape index (κ1) is 23.8. The molecule has 9 heteroatoms. The van der Waals surface area contributed by atoms with Crippen LogP contribution in [0.2, 0.25) is 0 Å². The quantitative estimate of drug-likeness (QED) is 0.466. The number of ether oxygens (including phenoxy) is 2. The van der Waals surface area contributed by atoms with Crippen LogP contribution in [0.3, 0.4) is 0 Å². The summed E-state index contributed by atoms with van der Waals surface area (Å²) < 4.78 is 15.8. The number of hydrogen-bond acceptors (Lipinski definition) is 7. The number of rotatable bonds is 7. The summed E-state index contributed by atoms with van der Waals surface area (Å²) in [5.41, 5.74) is 2.47. The number of benzene rings is 2. The monoisotopic (exact) mass is 494 g/mol. The van der Waals surface area contributed by atoms with Crippen molar-refractivity contribution in [1.82, 2.24) is 19.2 Å². The minimum absolute atomic E-state index is 0.703. The summed E-state index contributed by atoms with van der Waals surface area (Å²) in [5.74, 6) is 1.83. The van der Waals surface area contributed by atoms with Crippen molar-refractivity contribution in [3.63, 3.8) is 0 Å². The molecule has 0 bridgehead atoms. The molecule has 2 saturated heterocycles. The molecule has 3 aromatic rings. The first-order valence-corrected chi connectivity index (χ1v) is 12.8. The second-order valence-corrected chi connectivity index (χ2v) is 9.42. The number of anilines is 2.